The molecule has 6 N–H and O–H groups in total. The van der Waals surface area contributed by atoms with Gasteiger partial charge in [-0.05, 0) is 12.0 Å². The highest BCUT2D eigenvalue weighted by molar-refractivity contribution is 5.75. The van der Waals surface area contributed by atoms with Crippen molar-refractivity contribution in [2.45, 2.75) is 43.2 Å². The Kier molecular flexibility index (Phi) is 6.05. The van der Waals surface area contributed by atoms with Crippen LogP contribution in [-0.4, -0.2) is 69.8 Å². The summed E-state index contributed by atoms with van der Waals surface area (Å²) in [5.41, 5.74) is 6.63. The predicted molar refractivity (Wildman–Crippen MR) is 78.0 cm³/mol. The highest BCUT2D eigenvalue weighted by Gasteiger charge is 2.43. The molecule has 8 nitrogen and oxygen atoms in total. The Balaban J connectivity index is 1.84. The van der Waals surface area contributed by atoms with E-state index >= 15 is 0 Å². The van der Waals surface area contributed by atoms with Gasteiger partial charge in [0.2, 0.25) is 0 Å². The fraction of sp³-hybridized carbons (Fsp3) is 0.533. The molecule has 0 radical (unpaired) electrons. The van der Waals surface area contributed by atoms with E-state index in [0.29, 0.717) is 0 Å². The molecule has 1 aliphatic heterocycles. The first-order valence-electron chi connectivity index (χ1n) is 7.24. The van der Waals surface area contributed by atoms with Crippen LogP contribution in [0.4, 0.5) is 0 Å². The summed E-state index contributed by atoms with van der Waals surface area (Å²) < 4.78 is 9.87. The van der Waals surface area contributed by atoms with Crippen LogP contribution < -0.4 is 5.73 Å². The number of rotatable bonds is 5. The van der Waals surface area contributed by atoms with E-state index in [0.717, 1.165) is 5.56 Å². The lowest BCUT2D eigenvalue weighted by Crippen LogP contribution is -2.58. The molecule has 2 rings (SSSR count). The van der Waals surface area contributed by atoms with Crippen molar-refractivity contribution in [3.8, 4) is 0 Å². The summed E-state index contributed by atoms with van der Waals surface area (Å²) in [7, 11) is 0. The van der Waals surface area contributed by atoms with E-state index in [-0.39, 0.29) is 6.42 Å². The number of ether oxygens (including phenoxy) is 2. The topological polar surface area (TPSA) is 142 Å². The average Bonchev–Trinajstić information content (AvgIpc) is 2.55. The molecule has 128 valence electrons. The maximum absolute atomic E-state index is 11.9. The molecule has 0 aromatic heterocycles. The number of benzene rings is 1. The molecule has 6 atom stereocenters. The van der Waals surface area contributed by atoms with Gasteiger partial charge >= 0.3 is 5.97 Å². The Hall–Kier alpha value is -1.55. The number of carbonyl (C=O) groups excluding carboxylic acids is 1. The smallest absolute Gasteiger partial charge is 0.323 e. The van der Waals surface area contributed by atoms with Crippen LogP contribution in [0.2, 0.25) is 0 Å². The second-order valence-electron chi connectivity index (χ2n) is 5.46. The van der Waals surface area contributed by atoms with Crippen LogP contribution in [0, 0.1) is 0 Å². The van der Waals surface area contributed by atoms with Crippen molar-refractivity contribution in [2.75, 3.05) is 6.61 Å². The Bertz CT molecular complexity index is 512. The molecule has 0 bridgehead atoms. The molecule has 1 heterocycles. The van der Waals surface area contributed by atoms with Crippen molar-refractivity contribution in [1.29, 1.82) is 0 Å². The predicted octanol–water partition coefficient (Wildman–Crippen LogP) is -2.10. The van der Waals surface area contributed by atoms with Crippen molar-refractivity contribution in [2.24, 2.45) is 5.73 Å². The number of hydrogen-bond acceptors (Lipinski definition) is 8. The first-order chi connectivity index (χ1) is 10.9. The van der Waals surface area contributed by atoms with Crippen LogP contribution in [0.3, 0.4) is 0 Å². The Labute approximate surface area is 133 Å². The van der Waals surface area contributed by atoms with Gasteiger partial charge in [-0.15, -0.1) is 0 Å². The van der Waals surface area contributed by atoms with Gasteiger partial charge in [-0.3, -0.25) is 4.79 Å². The van der Waals surface area contributed by atoms with E-state index in [9.17, 15) is 25.2 Å². The van der Waals surface area contributed by atoms with Gasteiger partial charge in [-0.25, -0.2) is 0 Å². The van der Waals surface area contributed by atoms with Crippen molar-refractivity contribution < 1.29 is 34.7 Å². The summed E-state index contributed by atoms with van der Waals surface area (Å²) >= 11 is 0. The minimum atomic E-state index is -1.67. The van der Waals surface area contributed by atoms with E-state index in [1.165, 1.54) is 0 Å². The van der Waals surface area contributed by atoms with Gasteiger partial charge < -0.3 is 35.6 Å². The van der Waals surface area contributed by atoms with Crippen molar-refractivity contribution >= 4 is 5.97 Å². The zero-order chi connectivity index (χ0) is 17.0. The van der Waals surface area contributed by atoms with Crippen LogP contribution in [0.1, 0.15) is 5.56 Å². The van der Waals surface area contributed by atoms with E-state index in [1.54, 1.807) is 0 Å². The fourth-order valence-corrected chi connectivity index (χ4v) is 2.29. The molecule has 0 amide bonds. The van der Waals surface area contributed by atoms with Crippen LogP contribution in [0.5, 0.6) is 0 Å². The molecule has 1 aromatic carbocycles. The molecular weight excluding hydrogens is 306 g/mol. The fourth-order valence-electron chi connectivity index (χ4n) is 2.29. The number of hydrogen-bond donors (Lipinski definition) is 5. The monoisotopic (exact) mass is 327 g/mol. The zero-order valence-electron chi connectivity index (χ0n) is 12.4. The number of aliphatic hydroxyl groups excluding tert-OH is 4. The van der Waals surface area contributed by atoms with Crippen molar-refractivity contribution in [3.63, 3.8) is 0 Å². The first-order valence-corrected chi connectivity index (χ1v) is 7.24. The van der Waals surface area contributed by atoms with Gasteiger partial charge in [-0.2, -0.15) is 0 Å². The summed E-state index contributed by atoms with van der Waals surface area (Å²) in [6.07, 6.45) is -7.26. The van der Waals surface area contributed by atoms with Gasteiger partial charge in [-0.1, -0.05) is 30.3 Å². The lowest BCUT2D eigenvalue weighted by atomic mass is 9.99. The van der Waals surface area contributed by atoms with Gasteiger partial charge in [0.25, 0.3) is 0 Å². The highest BCUT2D eigenvalue weighted by atomic mass is 16.6. The SMILES string of the molecule is N[C@H](Cc1ccccc1)C(=O)OC[C@H]1O[C@@H](O)[C@@H](O)[C@H](O)[C@@H]1O. The molecule has 0 spiro atoms. The minimum Gasteiger partial charge on any atom is -0.462 e. The summed E-state index contributed by atoms with van der Waals surface area (Å²) in [5, 5.41) is 38.0. The third-order valence-electron chi connectivity index (χ3n) is 3.68. The van der Waals surface area contributed by atoms with E-state index < -0.39 is 49.3 Å². The summed E-state index contributed by atoms with van der Waals surface area (Å²) in [5.74, 6) is -0.695. The minimum absolute atomic E-state index is 0.289. The number of nitrogens with two attached hydrogens (primary N) is 1. The third kappa shape index (κ3) is 4.47. The second kappa shape index (κ2) is 7.82. The quantitative estimate of drug-likeness (QED) is 0.387. The molecule has 0 aliphatic carbocycles. The highest BCUT2D eigenvalue weighted by Crippen LogP contribution is 2.20. The number of aliphatic hydroxyl groups is 4. The van der Waals surface area contributed by atoms with Gasteiger partial charge in [0.15, 0.2) is 6.29 Å². The first kappa shape index (κ1) is 17.8. The number of esters is 1. The Morgan fingerprint density at radius 3 is 2.43 bits per heavy atom. The molecular formula is C15H21NO7. The maximum atomic E-state index is 11.9. The van der Waals surface area contributed by atoms with E-state index in [4.69, 9.17) is 15.2 Å². The molecule has 1 aliphatic rings. The van der Waals surface area contributed by atoms with Gasteiger partial charge in [0.05, 0.1) is 0 Å². The molecule has 0 saturated carbocycles. The third-order valence-corrected chi connectivity index (χ3v) is 3.68. The molecule has 1 aromatic rings. The van der Waals surface area contributed by atoms with Crippen molar-refractivity contribution in [1.82, 2.24) is 0 Å². The Morgan fingerprint density at radius 2 is 1.78 bits per heavy atom. The molecule has 8 heteroatoms. The molecule has 1 saturated heterocycles. The summed E-state index contributed by atoms with van der Waals surface area (Å²) in [6, 6.07) is 8.27. The van der Waals surface area contributed by atoms with Gasteiger partial charge in [0, 0.05) is 0 Å². The van der Waals surface area contributed by atoms with Crippen LogP contribution in [0.15, 0.2) is 30.3 Å². The second-order valence-corrected chi connectivity index (χ2v) is 5.46. The maximum Gasteiger partial charge on any atom is 0.323 e. The normalized spacial score (nSPS) is 32.3. The van der Waals surface area contributed by atoms with Crippen LogP contribution in [0.25, 0.3) is 0 Å². The summed E-state index contributed by atoms with van der Waals surface area (Å²) in [6.45, 7) is -0.399. The largest absolute Gasteiger partial charge is 0.462 e. The van der Waals surface area contributed by atoms with Crippen LogP contribution >= 0.6 is 0 Å². The molecule has 0 unspecified atom stereocenters. The Morgan fingerprint density at radius 1 is 1.13 bits per heavy atom. The zero-order valence-corrected chi connectivity index (χ0v) is 12.4. The van der Waals surface area contributed by atoms with E-state index in [2.05, 4.69) is 0 Å². The van der Waals surface area contributed by atoms with Crippen molar-refractivity contribution in [3.05, 3.63) is 35.9 Å². The van der Waals surface area contributed by atoms with Gasteiger partial charge in [0.1, 0.15) is 37.1 Å². The number of carbonyl (C=O) groups is 1. The average molecular weight is 327 g/mol. The molecule has 23 heavy (non-hydrogen) atoms. The summed E-state index contributed by atoms with van der Waals surface area (Å²) in [4.78, 5) is 11.9. The van der Waals surface area contributed by atoms with Crippen LogP contribution in [-0.2, 0) is 20.7 Å². The lowest BCUT2D eigenvalue weighted by Gasteiger charge is -2.37. The molecule has 1 fully saturated rings. The van der Waals surface area contributed by atoms with E-state index in [1.807, 2.05) is 30.3 Å². The lowest BCUT2D eigenvalue weighted by molar-refractivity contribution is -0.287. The standard InChI is InChI=1S/C15H21NO7/c16-9(6-8-4-2-1-3-5-8)14(20)22-7-10-11(17)12(18)13(19)15(21)23-10/h1-5,9-13,15,17-19,21H,6-7,16H2/t9-,10-,11-,12-,13+,15-/m1/s1.